The van der Waals surface area contributed by atoms with Crippen LogP contribution in [0.1, 0.15) is 75.5 Å². The van der Waals surface area contributed by atoms with Crippen LogP contribution in [0.5, 0.6) is 5.75 Å². The van der Waals surface area contributed by atoms with Crippen molar-refractivity contribution in [3.8, 4) is 5.75 Å². The smallest absolute Gasteiger partial charge is 0.168 e. The number of aldehydes is 1. The van der Waals surface area contributed by atoms with E-state index in [1.807, 2.05) is 0 Å². The Morgan fingerprint density at radius 1 is 1.28 bits per heavy atom. The van der Waals surface area contributed by atoms with Gasteiger partial charge < -0.3 is 20.3 Å². The number of carbonyl (C=O) groups is 1. The first-order valence-corrected chi connectivity index (χ1v) is 14.5. The second-order valence-corrected chi connectivity index (χ2v) is 10.6. The lowest BCUT2D eigenvalue weighted by Crippen LogP contribution is -2.25. The Bertz CT molecular complexity index is 992. The van der Waals surface area contributed by atoms with Gasteiger partial charge in [0.1, 0.15) is 5.75 Å². The second kappa shape index (κ2) is 19.5. The van der Waals surface area contributed by atoms with Gasteiger partial charge in [-0.3, -0.25) is 9.79 Å². The number of dihydropyridines is 1. The number of halogens is 1. The minimum Gasteiger partial charge on any atom is -0.496 e. The lowest BCUT2D eigenvalue weighted by atomic mass is 10.0. The van der Waals surface area contributed by atoms with Crippen molar-refractivity contribution >= 4 is 23.6 Å². The maximum absolute atomic E-state index is 10.1. The van der Waals surface area contributed by atoms with E-state index in [0.717, 1.165) is 25.3 Å². The average molecular weight is 559 g/mol. The quantitative estimate of drug-likeness (QED) is 0.229. The molecule has 2 aliphatic heterocycles. The summed E-state index contributed by atoms with van der Waals surface area (Å²) >= 11 is 5.61. The number of nitrogens with zero attached hydrogens (tertiary/aromatic N) is 2. The SMILES string of the molecule is C=C1CCCN1.CCCCCC(/C=C(\C)N(C)Cc1ccc(OC)c(C)c1C)NC.O=CC1=NCCC(Cl)=C1. The molecule has 0 saturated carbocycles. The summed E-state index contributed by atoms with van der Waals surface area (Å²) in [5, 5.41) is 7.27. The van der Waals surface area contributed by atoms with E-state index in [0.29, 0.717) is 29.6 Å². The molecule has 0 bridgehead atoms. The van der Waals surface area contributed by atoms with E-state index in [1.54, 1.807) is 13.2 Å². The molecule has 1 saturated heterocycles. The van der Waals surface area contributed by atoms with Crippen LogP contribution in [0.4, 0.5) is 0 Å². The first-order valence-electron chi connectivity index (χ1n) is 14.1. The molecule has 0 radical (unpaired) electrons. The number of benzene rings is 1. The van der Waals surface area contributed by atoms with E-state index >= 15 is 0 Å². The van der Waals surface area contributed by atoms with Crippen molar-refractivity contribution in [2.24, 2.45) is 4.99 Å². The van der Waals surface area contributed by atoms with Gasteiger partial charge in [0.2, 0.25) is 0 Å². The van der Waals surface area contributed by atoms with E-state index < -0.39 is 0 Å². The number of hydrogen-bond donors (Lipinski definition) is 2. The fourth-order valence-corrected chi connectivity index (χ4v) is 4.46. The average Bonchev–Trinajstić information content (AvgIpc) is 3.42. The largest absolute Gasteiger partial charge is 0.496 e. The van der Waals surface area contributed by atoms with Gasteiger partial charge >= 0.3 is 0 Å². The molecule has 1 aromatic carbocycles. The summed E-state index contributed by atoms with van der Waals surface area (Å²) in [4.78, 5) is 16.3. The number of likely N-dealkylation sites (N-methyl/N-ethyl adjacent to an activating group) is 1. The molecule has 6 nitrogen and oxygen atoms in total. The van der Waals surface area contributed by atoms with Gasteiger partial charge in [0.25, 0.3) is 0 Å². The van der Waals surface area contributed by atoms with Crippen LogP contribution >= 0.6 is 11.6 Å². The minimum atomic E-state index is 0.450. The van der Waals surface area contributed by atoms with E-state index in [9.17, 15) is 4.79 Å². The predicted molar refractivity (Wildman–Crippen MR) is 168 cm³/mol. The van der Waals surface area contributed by atoms with Crippen molar-refractivity contribution in [2.75, 3.05) is 34.3 Å². The van der Waals surface area contributed by atoms with Crippen molar-refractivity contribution in [3.63, 3.8) is 0 Å². The molecule has 0 aromatic heterocycles. The van der Waals surface area contributed by atoms with Crippen LogP contribution in [0.2, 0.25) is 0 Å². The molecule has 0 amide bonds. The molecule has 1 fully saturated rings. The topological polar surface area (TPSA) is 66.0 Å². The number of ether oxygens (including phenoxy) is 1. The highest BCUT2D eigenvalue weighted by molar-refractivity contribution is 6.39. The van der Waals surface area contributed by atoms with Crippen LogP contribution in [-0.2, 0) is 11.3 Å². The van der Waals surface area contributed by atoms with Crippen molar-refractivity contribution in [3.05, 3.63) is 64.0 Å². The maximum atomic E-state index is 10.1. The number of methoxy groups -OCH3 is 1. The number of hydrogen-bond acceptors (Lipinski definition) is 6. The maximum Gasteiger partial charge on any atom is 0.168 e. The monoisotopic (exact) mass is 558 g/mol. The number of nitrogens with one attached hydrogen (secondary N) is 2. The van der Waals surface area contributed by atoms with Gasteiger partial charge in [0.05, 0.1) is 12.8 Å². The van der Waals surface area contributed by atoms with Crippen molar-refractivity contribution in [2.45, 2.75) is 85.2 Å². The third-order valence-corrected chi connectivity index (χ3v) is 7.41. The molecule has 2 N–H and O–H groups in total. The Labute approximate surface area is 242 Å². The van der Waals surface area contributed by atoms with Crippen LogP contribution in [0.25, 0.3) is 0 Å². The van der Waals surface area contributed by atoms with Gasteiger partial charge in [-0.15, -0.1) is 0 Å². The van der Waals surface area contributed by atoms with Gasteiger partial charge in [-0.25, -0.2) is 0 Å². The highest BCUT2D eigenvalue weighted by Crippen LogP contribution is 2.25. The summed E-state index contributed by atoms with van der Waals surface area (Å²) in [7, 11) is 5.96. The van der Waals surface area contributed by atoms with Crippen LogP contribution in [-0.4, -0.2) is 57.2 Å². The molecule has 7 heteroatoms. The van der Waals surface area contributed by atoms with Crippen LogP contribution < -0.4 is 15.4 Å². The first kappa shape index (κ1) is 34.5. The van der Waals surface area contributed by atoms with Gasteiger partial charge in [-0.05, 0) is 82.0 Å². The van der Waals surface area contributed by atoms with Crippen molar-refractivity contribution in [1.82, 2.24) is 15.5 Å². The second-order valence-electron chi connectivity index (χ2n) is 10.1. The Morgan fingerprint density at radius 2 is 2.03 bits per heavy atom. The normalized spacial score (nSPS) is 15.5. The zero-order chi connectivity index (χ0) is 29.2. The Kier molecular flexibility index (Phi) is 17.2. The Morgan fingerprint density at radius 3 is 2.51 bits per heavy atom. The summed E-state index contributed by atoms with van der Waals surface area (Å²) in [6, 6.07) is 4.71. The van der Waals surface area contributed by atoms with E-state index in [-0.39, 0.29) is 0 Å². The molecule has 39 heavy (non-hydrogen) atoms. The Balaban J connectivity index is 0.000000406. The fraction of sp³-hybridized carbons (Fsp3) is 0.562. The predicted octanol–water partition coefficient (Wildman–Crippen LogP) is 6.85. The van der Waals surface area contributed by atoms with E-state index in [4.69, 9.17) is 16.3 Å². The minimum absolute atomic E-state index is 0.450. The summed E-state index contributed by atoms with van der Waals surface area (Å²) in [5.41, 5.74) is 6.88. The van der Waals surface area contributed by atoms with Gasteiger partial charge in [-0.2, -0.15) is 0 Å². The molecule has 1 atom stereocenters. The molecule has 218 valence electrons. The third-order valence-electron chi connectivity index (χ3n) is 7.11. The lowest BCUT2D eigenvalue weighted by Gasteiger charge is -2.24. The molecular weight excluding hydrogens is 508 g/mol. The molecule has 0 spiro atoms. The summed E-state index contributed by atoms with van der Waals surface area (Å²) in [6.07, 6.45) is 13.0. The van der Waals surface area contributed by atoms with Crippen LogP contribution in [0, 0.1) is 13.8 Å². The first-order chi connectivity index (χ1) is 18.7. The molecular formula is C32H51ClN4O2. The fourth-order valence-electron chi connectivity index (χ4n) is 4.26. The summed E-state index contributed by atoms with van der Waals surface area (Å²) in [5.74, 6) is 0.970. The highest BCUT2D eigenvalue weighted by Gasteiger charge is 2.10. The lowest BCUT2D eigenvalue weighted by molar-refractivity contribution is -0.102. The molecule has 3 rings (SSSR count). The van der Waals surface area contributed by atoms with Crippen LogP contribution in [0.15, 0.2) is 52.3 Å². The van der Waals surface area contributed by atoms with Gasteiger partial charge in [0, 0.05) is 55.6 Å². The van der Waals surface area contributed by atoms with Crippen molar-refractivity contribution < 1.29 is 9.53 Å². The Hall–Kier alpha value is -2.57. The molecule has 1 unspecified atom stereocenters. The van der Waals surface area contributed by atoms with E-state index in [1.165, 1.54) is 66.6 Å². The molecule has 2 heterocycles. The molecule has 1 aromatic rings. The summed E-state index contributed by atoms with van der Waals surface area (Å²) < 4.78 is 5.41. The van der Waals surface area contributed by atoms with Crippen LogP contribution in [0.3, 0.4) is 0 Å². The number of carbonyl (C=O) groups excluding carboxylic acids is 1. The third kappa shape index (κ3) is 13.4. The molecule has 2 aliphatic rings. The van der Waals surface area contributed by atoms with Crippen molar-refractivity contribution in [1.29, 1.82) is 0 Å². The number of allylic oxidation sites excluding steroid dienone is 3. The van der Waals surface area contributed by atoms with Gasteiger partial charge in [-0.1, -0.05) is 50.4 Å². The van der Waals surface area contributed by atoms with E-state index in [2.05, 4.69) is 87.1 Å². The highest BCUT2D eigenvalue weighted by atomic mass is 35.5. The number of rotatable bonds is 11. The number of aliphatic imine (C=N–C) groups is 1. The molecule has 0 aliphatic carbocycles. The standard InChI is InChI=1S/C21H36N2O.C6H6ClNO.C5H9N/c1-8-9-10-11-20(22-5)14-16(2)23(6)15-19-12-13-21(24-7)18(4)17(19)3;7-5-1-2-8-6(3-5)4-9;1-5-3-2-4-6-5/h12-14,20,22H,8-11,15H2,1-7H3;3-4H,1-2H2;6H,1-4H2/b16-14+;;. The zero-order valence-electron chi connectivity index (χ0n) is 25.3. The summed E-state index contributed by atoms with van der Waals surface area (Å²) in [6.45, 7) is 15.2. The van der Waals surface area contributed by atoms with Gasteiger partial charge in [0.15, 0.2) is 6.29 Å². The zero-order valence-corrected chi connectivity index (χ0v) is 26.1. The number of unbranched alkanes of at least 4 members (excludes halogenated alkanes) is 2.